The zero-order valence-electron chi connectivity index (χ0n) is 10.4. The summed E-state index contributed by atoms with van der Waals surface area (Å²) in [5, 5.41) is 20.4. The number of nitrogens with zero attached hydrogens (tertiary/aromatic N) is 1. The molecule has 0 aliphatic heterocycles. The first-order valence-corrected chi connectivity index (χ1v) is 5.63. The van der Waals surface area contributed by atoms with Crippen molar-refractivity contribution < 1.29 is 13.9 Å². The first kappa shape index (κ1) is 14.6. The van der Waals surface area contributed by atoms with Gasteiger partial charge in [-0.3, -0.25) is 0 Å². The second kappa shape index (κ2) is 5.89. The summed E-state index contributed by atoms with van der Waals surface area (Å²) in [6.07, 6.45) is 0.479. The molecule has 0 heterocycles. The number of hydrogen-bond donors (Lipinski definition) is 2. The van der Waals surface area contributed by atoms with Crippen molar-refractivity contribution in [3.05, 3.63) is 34.9 Å². The Morgan fingerprint density at radius 1 is 1.33 bits per heavy atom. The van der Waals surface area contributed by atoms with Gasteiger partial charge in [0.1, 0.15) is 11.6 Å². The van der Waals surface area contributed by atoms with Crippen molar-refractivity contribution in [2.24, 2.45) is 0 Å². The number of aliphatic hydroxyl groups excluding tert-OH is 1. The Bertz CT molecular complexity index is 444. The molecule has 0 saturated carbocycles. The lowest BCUT2D eigenvalue weighted by molar-refractivity contribution is 0.229. The third kappa shape index (κ3) is 3.76. The van der Waals surface area contributed by atoms with Gasteiger partial charge in [0.25, 0.3) is 0 Å². The summed E-state index contributed by atoms with van der Waals surface area (Å²) in [5.41, 5.74) is -0.551. The summed E-state index contributed by atoms with van der Waals surface area (Å²) in [6.45, 7) is 3.68. The van der Waals surface area contributed by atoms with Gasteiger partial charge in [-0.2, -0.15) is 5.26 Å². The van der Waals surface area contributed by atoms with Crippen molar-refractivity contribution in [1.82, 2.24) is 5.32 Å². The minimum absolute atomic E-state index is 0.00165. The molecule has 0 amide bonds. The van der Waals surface area contributed by atoms with Gasteiger partial charge in [0.2, 0.25) is 0 Å². The fourth-order valence-electron chi connectivity index (χ4n) is 1.53. The molecule has 0 aliphatic rings. The van der Waals surface area contributed by atoms with Crippen LogP contribution < -0.4 is 5.32 Å². The number of hydrogen-bond acceptors (Lipinski definition) is 3. The molecule has 0 atom stereocenters. The van der Waals surface area contributed by atoms with Crippen molar-refractivity contribution in [2.75, 3.05) is 6.61 Å². The summed E-state index contributed by atoms with van der Waals surface area (Å²) in [4.78, 5) is 0. The molecule has 18 heavy (non-hydrogen) atoms. The fourth-order valence-corrected chi connectivity index (χ4v) is 1.53. The van der Waals surface area contributed by atoms with Crippen LogP contribution >= 0.6 is 0 Å². The van der Waals surface area contributed by atoms with E-state index in [2.05, 4.69) is 5.32 Å². The molecule has 0 unspecified atom stereocenters. The SMILES string of the molecule is CC(C)(CCO)NCc1c(F)cc(C#N)cc1F. The molecule has 1 aromatic rings. The van der Waals surface area contributed by atoms with Crippen LogP contribution in [-0.4, -0.2) is 17.3 Å². The van der Waals surface area contributed by atoms with Gasteiger partial charge in [-0.15, -0.1) is 0 Å². The van der Waals surface area contributed by atoms with E-state index >= 15 is 0 Å². The van der Waals surface area contributed by atoms with E-state index in [4.69, 9.17) is 10.4 Å². The van der Waals surface area contributed by atoms with Gasteiger partial charge < -0.3 is 10.4 Å². The minimum atomic E-state index is -0.737. The zero-order valence-corrected chi connectivity index (χ0v) is 10.4. The highest BCUT2D eigenvalue weighted by atomic mass is 19.1. The molecule has 98 valence electrons. The van der Waals surface area contributed by atoms with E-state index in [-0.39, 0.29) is 24.3 Å². The zero-order chi connectivity index (χ0) is 13.8. The number of rotatable bonds is 5. The molecule has 0 saturated heterocycles. The Balaban J connectivity index is 2.83. The number of aliphatic hydroxyl groups is 1. The topological polar surface area (TPSA) is 56.0 Å². The van der Waals surface area contributed by atoms with Gasteiger partial charge in [-0.1, -0.05) is 0 Å². The molecule has 2 N–H and O–H groups in total. The summed E-state index contributed by atoms with van der Waals surface area (Å²) >= 11 is 0. The summed E-state index contributed by atoms with van der Waals surface area (Å²) in [6, 6.07) is 3.72. The molecule has 5 heteroatoms. The van der Waals surface area contributed by atoms with Gasteiger partial charge >= 0.3 is 0 Å². The van der Waals surface area contributed by atoms with E-state index in [0.717, 1.165) is 12.1 Å². The largest absolute Gasteiger partial charge is 0.396 e. The highest BCUT2D eigenvalue weighted by Gasteiger charge is 2.18. The second-order valence-corrected chi connectivity index (χ2v) is 4.74. The van der Waals surface area contributed by atoms with Crippen LogP contribution in [0.5, 0.6) is 0 Å². The summed E-state index contributed by atoms with van der Waals surface area (Å²) in [7, 11) is 0. The van der Waals surface area contributed by atoms with E-state index in [1.165, 1.54) is 0 Å². The van der Waals surface area contributed by atoms with Crippen molar-refractivity contribution in [3.63, 3.8) is 0 Å². The third-order valence-corrected chi connectivity index (χ3v) is 2.75. The highest BCUT2D eigenvalue weighted by Crippen LogP contribution is 2.17. The third-order valence-electron chi connectivity index (χ3n) is 2.75. The van der Waals surface area contributed by atoms with Crippen LogP contribution in [0.15, 0.2) is 12.1 Å². The minimum Gasteiger partial charge on any atom is -0.396 e. The van der Waals surface area contributed by atoms with Crippen LogP contribution in [0.3, 0.4) is 0 Å². The Kier molecular flexibility index (Phi) is 4.76. The predicted molar refractivity (Wildman–Crippen MR) is 63.7 cm³/mol. The molecule has 0 fully saturated rings. The van der Waals surface area contributed by atoms with Gasteiger partial charge in [-0.05, 0) is 32.4 Å². The lowest BCUT2D eigenvalue weighted by Crippen LogP contribution is -2.39. The average molecular weight is 254 g/mol. The number of nitrogens with one attached hydrogen (secondary N) is 1. The monoisotopic (exact) mass is 254 g/mol. The van der Waals surface area contributed by atoms with Crippen molar-refractivity contribution in [1.29, 1.82) is 5.26 Å². The molecule has 0 spiro atoms. The van der Waals surface area contributed by atoms with Crippen LogP contribution in [0, 0.1) is 23.0 Å². The first-order chi connectivity index (χ1) is 8.39. The Labute approximate surface area is 105 Å². The van der Waals surface area contributed by atoms with E-state index < -0.39 is 17.2 Å². The number of halogens is 2. The number of benzene rings is 1. The second-order valence-electron chi connectivity index (χ2n) is 4.74. The van der Waals surface area contributed by atoms with Crippen LogP contribution in [-0.2, 0) is 6.54 Å². The quantitative estimate of drug-likeness (QED) is 0.846. The molecule has 0 aromatic heterocycles. The van der Waals surface area contributed by atoms with Gasteiger partial charge in [0.05, 0.1) is 11.6 Å². The molecule has 1 aromatic carbocycles. The normalized spacial score (nSPS) is 11.3. The van der Waals surface area contributed by atoms with E-state index in [1.54, 1.807) is 6.07 Å². The van der Waals surface area contributed by atoms with Gasteiger partial charge in [0.15, 0.2) is 0 Å². The maximum atomic E-state index is 13.6. The van der Waals surface area contributed by atoms with E-state index in [0.29, 0.717) is 6.42 Å². The maximum Gasteiger partial charge on any atom is 0.131 e. The molecule has 3 nitrogen and oxygen atoms in total. The molecule has 0 aliphatic carbocycles. The molecular weight excluding hydrogens is 238 g/mol. The summed E-state index contributed by atoms with van der Waals surface area (Å²) < 4.78 is 27.2. The van der Waals surface area contributed by atoms with Crippen LogP contribution in [0.2, 0.25) is 0 Å². The average Bonchev–Trinajstić information content (AvgIpc) is 2.27. The van der Waals surface area contributed by atoms with Crippen molar-refractivity contribution >= 4 is 0 Å². The Hall–Kier alpha value is -1.51. The number of nitriles is 1. The van der Waals surface area contributed by atoms with Crippen LogP contribution in [0.25, 0.3) is 0 Å². The van der Waals surface area contributed by atoms with Gasteiger partial charge in [-0.25, -0.2) is 8.78 Å². The van der Waals surface area contributed by atoms with Crippen LogP contribution in [0.1, 0.15) is 31.4 Å². The molecular formula is C13H16F2N2O. The first-order valence-electron chi connectivity index (χ1n) is 5.63. The van der Waals surface area contributed by atoms with Crippen molar-refractivity contribution in [3.8, 4) is 6.07 Å². The smallest absolute Gasteiger partial charge is 0.131 e. The Morgan fingerprint density at radius 3 is 2.33 bits per heavy atom. The lowest BCUT2D eigenvalue weighted by Gasteiger charge is -2.25. The molecule has 0 bridgehead atoms. The summed E-state index contributed by atoms with van der Waals surface area (Å²) in [5.74, 6) is -1.47. The van der Waals surface area contributed by atoms with E-state index in [1.807, 2.05) is 13.8 Å². The maximum absolute atomic E-state index is 13.6. The van der Waals surface area contributed by atoms with Crippen molar-refractivity contribution in [2.45, 2.75) is 32.4 Å². The standard InChI is InChI=1S/C13H16F2N2O/c1-13(2,3-4-18)17-8-10-11(14)5-9(7-16)6-12(10)15/h5-6,17-18H,3-4,8H2,1-2H3. The molecule has 0 radical (unpaired) electrons. The fraction of sp³-hybridized carbons (Fsp3) is 0.462. The van der Waals surface area contributed by atoms with Crippen LogP contribution in [0.4, 0.5) is 8.78 Å². The van der Waals surface area contributed by atoms with Gasteiger partial charge in [0, 0.05) is 24.3 Å². The lowest BCUT2D eigenvalue weighted by atomic mass is 10.0. The van der Waals surface area contributed by atoms with E-state index in [9.17, 15) is 8.78 Å². The highest BCUT2D eigenvalue weighted by molar-refractivity contribution is 5.34. The molecule has 1 rings (SSSR count). The predicted octanol–water partition coefficient (Wildman–Crippen LogP) is 2.09. The Morgan fingerprint density at radius 2 is 1.89 bits per heavy atom.